The van der Waals surface area contributed by atoms with E-state index >= 15 is 0 Å². The summed E-state index contributed by atoms with van der Waals surface area (Å²) in [5, 5.41) is 3.12. The Balaban J connectivity index is 2.75. The topological polar surface area (TPSA) is 15.8 Å². The molecule has 0 unspecified atom stereocenters. The molecule has 0 aliphatic heterocycles. The standard InChI is InChI=1S/C32H49N/c1-11-20-21(12-2)25(16-6)30-27(22(20)13-3)28-23(14-4)24(15-5)29(32(10,18-8)19-9)26(17-7)31(28)33-30/h33H,11-19H2,1-10H3. The molecule has 0 saturated heterocycles. The van der Waals surface area contributed by atoms with Crippen molar-refractivity contribution in [3.63, 3.8) is 0 Å². The number of benzene rings is 2. The Kier molecular flexibility index (Phi) is 8.03. The highest BCUT2D eigenvalue weighted by Gasteiger charge is 2.32. The van der Waals surface area contributed by atoms with Gasteiger partial charge in [0, 0.05) is 10.8 Å². The zero-order chi connectivity index (χ0) is 24.5. The van der Waals surface area contributed by atoms with Gasteiger partial charge in [0.25, 0.3) is 0 Å². The summed E-state index contributed by atoms with van der Waals surface area (Å²) in [4.78, 5) is 4.10. The Hall–Kier alpha value is -1.76. The third-order valence-corrected chi connectivity index (χ3v) is 8.91. The largest absolute Gasteiger partial charge is 0.354 e. The smallest absolute Gasteiger partial charge is 0.0503 e. The third kappa shape index (κ3) is 3.75. The molecular formula is C32H49N. The first-order valence-electron chi connectivity index (χ1n) is 14.0. The highest BCUT2D eigenvalue weighted by Crippen LogP contribution is 2.46. The quantitative estimate of drug-likeness (QED) is 0.318. The molecule has 0 aliphatic carbocycles. The molecule has 0 saturated carbocycles. The molecule has 1 aromatic heterocycles. The Labute approximate surface area is 203 Å². The van der Waals surface area contributed by atoms with Crippen LogP contribution in [0.15, 0.2) is 0 Å². The van der Waals surface area contributed by atoms with Crippen LogP contribution in [0.5, 0.6) is 0 Å². The number of hydrogen-bond donors (Lipinski definition) is 1. The maximum absolute atomic E-state index is 4.10. The highest BCUT2D eigenvalue weighted by atomic mass is 14.7. The van der Waals surface area contributed by atoms with Crippen LogP contribution in [0.25, 0.3) is 21.8 Å². The first-order valence-corrected chi connectivity index (χ1v) is 14.0. The van der Waals surface area contributed by atoms with Crippen molar-refractivity contribution in [1.29, 1.82) is 0 Å². The van der Waals surface area contributed by atoms with Crippen LogP contribution in [-0.4, -0.2) is 4.98 Å². The molecule has 3 aromatic rings. The number of nitrogens with one attached hydrogen (secondary N) is 1. The Morgan fingerprint density at radius 2 is 0.818 bits per heavy atom. The molecule has 182 valence electrons. The first-order chi connectivity index (χ1) is 15.9. The summed E-state index contributed by atoms with van der Waals surface area (Å²) in [5.74, 6) is 0. The van der Waals surface area contributed by atoms with Gasteiger partial charge in [0.2, 0.25) is 0 Å². The van der Waals surface area contributed by atoms with Gasteiger partial charge in [-0.3, -0.25) is 0 Å². The minimum atomic E-state index is 0.233. The number of aryl methyl sites for hydroxylation is 4. The van der Waals surface area contributed by atoms with Crippen molar-refractivity contribution in [2.45, 2.75) is 132 Å². The van der Waals surface area contributed by atoms with Gasteiger partial charge in [0.1, 0.15) is 0 Å². The molecule has 1 nitrogen and oxygen atoms in total. The van der Waals surface area contributed by atoms with Gasteiger partial charge in [-0.15, -0.1) is 0 Å². The van der Waals surface area contributed by atoms with Crippen molar-refractivity contribution < 1.29 is 0 Å². The molecule has 1 heterocycles. The van der Waals surface area contributed by atoms with E-state index in [0.717, 1.165) is 44.9 Å². The van der Waals surface area contributed by atoms with Crippen molar-refractivity contribution in [3.8, 4) is 0 Å². The molecule has 3 rings (SSSR count). The summed E-state index contributed by atoms with van der Waals surface area (Å²) in [6.45, 7) is 23.8. The molecule has 0 bridgehead atoms. The summed E-state index contributed by atoms with van der Waals surface area (Å²) in [6.07, 6.45) is 10.2. The van der Waals surface area contributed by atoms with Crippen LogP contribution in [0.3, 0.4) is 0 Å². The summed E-state index contributed by atoms with van der Waals surface area (Å²) in [6, 6.07) is 0. The second-order valence-electron chi connectivity index (χ2n) is 10.1. The number of aromatic amines is 1. The predicted octanol–water partition coefficient (Wildman–Crippen LogP) is 9.34. The lowest BCUT2D eigenvalue weighted by molar-refractivity contribution is 0.432. The van der Waals surface area contributed by atoms with E-state index in [2.05, 4.69) is 74.2 Å². The van der Waals surface area contributed by atoms with E-state index in [-0.39, 0.29) is 5.41 Å². The molecule has 0 fully saturated rings. The fourth-order valence-corrected chi connectivity index (χ4v) is 6.93. The van der Waals surface area contributed by atoms with Gasteiger partial charge in [0.05, 0.1) is 11.0 Å². The van der Waals surface area contributed by atoms with E-state index in [4.69, 9.17) is 0 Å². The lowest BCUT2D eigenvalue weighted by atomic mass is 9.70. The molecule has 1 N–H and O–H groups in total. The molecule has 2 aromatic carbocycles. The van der Waals surface area contributed by atoms with Crippen LogP contribution in [0.2, 0.25) is 0 Å². The SMILES string of the molecule is CCc1c(CC)c(CC)c2c([nH]c3c(CC)c(C(C)(CC)CC)c(CC)c(CC)c32)c1CC. The van der Waals surface area contributed by atoms with Crippen molar-refractivity contribution >= 4 is 21.8 Å². The van der Waals surface area contributed by atoms with Gasteiger partial charge in [-0.1, -0.05) is 69.2 Å². The van der Waals surface area contributed by atoms with Crippen molar-refractivity contribution in [3.05, 3.63) is 44.5 Å². The lowest BCUT2D eigenvalue weighted by Gasteiger charge is -2.34. The lowest BCUT2D eigenvalue weighted by Crippen LogP contribution is -2.25. The number of aromatic nitrogens is 1. The maximum atomic E-state index is 4.10. The summed E-state index contributed by atoms with van der Waals surface area (Å²) < 4.78 is 0. The maximum Gasteiger partial charge on any atom is 0.0503 e. The van der Waals surface area contributed by atoms with E-state index in [0.29, 0.717) is 0 Å². The molecule has 1 heteroatoms. The van der Waals surface area contributed by atoms with Crippen LogP contribution in [0.4, 0.5) is 0 Å². The van der Waals surface area contributed by atoms with Crippen LogP contribution >= 0.6 is 0 Å². The monoisotopic (exact) mass is 447 g/mol. The van der Waals surface area contributed by atoms with E-state index in [9.17, 15) is 0 Å². The highest BCUT2D eigenvalue weighted by molar-refractivity contribution is 6.14. The van der Waals surface area contributed by atoms with Gasteiger partial charge >= 0.3 is 0 Å². The van der Waals surface area contributed by atoms with E-state index < -0.39 is 0 Å². The zero-order valence-electron chi connectivity index (χ0n) is 23.4. The van der Waals surface area contributed by atoms with Crippen molar-refractivity contribution in [2.24, 2.45) is 0 Å². The summed E-state index contributed by atoms with van der Waals surface area (Å²) in [5.41, 5.74) is 16.0. The Morgan fingerprint density at radius 1 is 0.455 bits per heavy atom. The van der Waals surface area contributed by atoms with Gasteiger partial charge in [-0.05, 0) is 108 Å². The predicted molar refractivity (Wildman–Crippen MR) is 149 cm³/mol. The van der Waals surface area contributed by atoms with Crippen LogP contribution in [0.1, 0.15) is 127 Å². The number of rotatable bonds is 10. The van der Waals surface area contributed by atoms with E-state index in [1.165, 1.54) is 23.9 Å². The number of H-pyrrole nitrogens is 1. The first kappa shape index (κ1) is 25.9. The van der Waals surface area contributed by atoms with Gasteiger partial charge in [0.15, 0.2) is 0 Å². The molecule has 0 amide bonds. The average Bonchev–Trinajstić information content (AvgIpc) is 3.24. The Bertz CT molecular complexity index is 1140. The zero-order valence-corrected chi connectivity index (χ0v) is 23.4. The minimum Gasteiger partial charge on any atom is -0.354 e. The second kappa shape index (κ2) is 10.2. The molecule has 0 aliphatic rings. The van der Waals surface area contributed by atoms with E-state index in [1.807, 2.05) is 0 Å². The second-order valence-corrected chi connectivity index (χ2v) is 10.1. The molecule has 0 radical (unpaired) electrons. The van der Waals surface area contributed by atoms with Crippen molar-refractivity contribution in [1.82, 2.24) is 4.98 Å². The molecule has 0 atom stereocenters. The van der Waals surface area contributed by atoms with Gasteiger partial charge in [-0.25, -0.2) is 0 Å². The number of hydrogen-bond acceptors (Lipinski definition) is 0. The third-order valence-electron chi connectivity index (χ3n) is 8.91. The average molecular weight is 448 g/mol. The van der Waals surface area contributed by atoms with Crippen LogP contribution in [-0.2, 0) is 50.4 Å². The minimum absolute atomic E-state index is 0.233. The summed E-state index contributed by atoms with van der Waals surface area (Å²) >= 11 is 0. The molecule has 33 heavy (non-hydrogen) atoms. The van der Waals surface area contributed by atoms with Crippen LogP contribution < -0.4 is 0 Å². The van der Waals surface area contributed by atoms with Gasteiger partial charge in [-0.2, -0.15) is 0 Å². The van der Waals surface area contributed by atoms with E-state index in [1.54, 1.807) is 55.3 Å². The summed E-state index contributed by atoms with van der Waals surface area (Å²) in [7, 11) is 0. The molecule has 0 spiro atoms. The van der Waals surface area contributed by atoms with Gasteiger partial charge < -0.3 is 4.98 Å². The number of fused-ring (bicyclic) bond motifs is 3. The molecular weight excluding hydrogens is 398 g/mol. The fourth-order valence-electron chi connectivity index (χ4n) is 6.93. The fraction of sp³-hybridized carbons (Fsp3) is 0.625. The van der Waals surface area contributed by atoms with Crippen molar-refractivity contribution in [2.75, 3.05) is 0 Å². The van der Waals surface area contributed by atoms with Crippen LogP contribution in [0, 0.1) is 0 Å². The normalized spacial score (nSPS) is 12.4. The Morgan fingerprint density at radius 3 is 1.21 bits per heavy atom.